The van der Waals surface area contributed by atoms with Crippen molar-refractivity contribution in [2.45, 2.75) is 13.0 Å². The highest BCUT2D eigenvalue weighted by atomic mass is 16.5. The molecule has 0 aliphatic heterocycles. The van der Waals surface area contributed by atoms with Crippen molar-refractivity contribution in [3.05, 3.63) is 30.1 Å². The third-order valence-corrected chi connectivity index (χ3v) is 2.48. The zero-order chi connectivity index (χ0) is 13.8. The lowest BCUT2D eigenvalue weighted by Crippen LogP contribution is -2.22. The molecule has 0 amide bonds. The van der Waals surface area contributed by atoms with E-state index in [-0.39, 0.29) is 5.88 Å². The smallest absolute Gasteiger partial charge is 0.237 e. The molecule has 1 unspecified atom stereocenters. The Labute approximate surface area is 109 Å². The number of nitrogens with zero attached hydrogens (tertiary/aromatic N) is 3. The van der Waals surface area contributed by atoms with Crippen molar-refractivity contribution >= 4 is 6.29 Å². The normalized spacial score (nSPS) is 12.1. The summed E-state index contributed by atoms with van der Waals surface area (Å²) in [6, 6.07) is 5.03. The fraction of sp³-hybridized carbons (Fsp3) is 0.250. The number of aldehydes is 1. The minimum absolute atomic E-state index is 0.0456. The summed E-state index contributed by atoms with van der Waals surface area (Å²) in [6.45, 7) is 1.40. The van der Waals surface area contributed by atoms with Crippen LogP contribution in [0.2, 0.25) is 0 Å². The van der Waals surface area contributed by atoms with E-state index in [4.69, 9.17) is 9.84 Å². The predicted molar refractivity (Wildman–Crippen MR) is 64.9 cm³/mol. The Morgan fingerprint density at radius 2 is 2.32 bits per heavy atom. The Morgan fingerprint density at radius 3 is 2.89 bits per heavy atom. The lowest BCUT2D eigenvalue weighted by molar-refractivity contribution is -0.115. The fourth-order valence-corrected chi connectivity index (χ4v) is 1.49. The van der Waals surface area contributed by atoms with Crippen LogP contribution < -0.4 is 4.74 Å². The van der Waals surface area contributed by atoms with Gasteiger partial charge in [-0.15, -0.1) is 0 Å². The first-order valence-corrected chi connectivity index (χ1v) is 5.59. The molecule has 2 aromatic rings. The lowest BCUT2D eigenvalue weighted by Gasteiger charge is -2.06. The summed E-state index contributed by atoms with van der Waals surface area (Å²) in [5.41, 5.74) is 1.89. The van der Waals surface area contributed by atoms with E-state index in [2.05, 4.69) is 10.1 Å². The number of aliphatic hydroxyl groups excluding tert-OH is 1. The number of rotatable bonds is 5. The Morgan fingerprint density at radius 1 is 1.53 bits per heavy atom. The minimum Gasteiger partial charge on any atom is -0.463 e. The van der Waals surface area contributed by atoms with Gasteiger partial charge in [0.1, 0.15) is 5.69 Å². The zero-order valence-corrected chi connectivity index (χ0v) is 10.2. The Hall–Kier alpha value is -2.41. The van der Waals surface area contributed by atoms with Crippen LogP contribution in [-0.2, 0) is 4.79 Å². The molecule has 100 valence electrons. The number of pyridine rings is 1. The van der Waals surface area contributed by atoms with Gasteiger partial charge in [0, 0.05) is 23.5 Å². The van der Waals surface area contributed by atoms with Crippen molar-refractivity contribution in [2.75, 3.05) is 6.61 Å². The standard InChI is InChI=1S/C12H13N3O4/c1-8-2-3-9(5-13-8)11-4-12(14-15(11)18)19-10(6-16)7-17/h2-6,10,17-18H,7H2,1H3. The highest BCUT2D eigenvalue weighted by Gasteiger charge is 2.14. The number of hydrogen-bond acceptors (Lipinski definition) is 6. The van der Waals surface area contributed by atoms with Gasteiger partial charge >= 0.3 is 0 Å². The molecule has 0 aliphatic carbocycles. The molecule has 2 rings (SSSR count). The first kappa shape index (κ1) is 13.0. The van der Waals surface area contributed by atoms with E-state index in [1.165, 1.54) is 6.07 Å². The third kappa shape index (κ3) is 2.89. The third-order valence-electron chi connectivity index (χ3n) is 2.48. The monoisotopic (exact) mass is 263 g/mol. The van der Waals surface area contributed by atoms with E-state index in [1.807, 2.05) is 6.92 Å². The minimum atomic E-state index is -1.00. The van der Waals surface area contributed by atoms with Gasteiger partial charge in [0.15, 0.2) is 12.4 Å². The molecule has 1 atom stereocenters. The summed E-state index contributed by atoms with van der Waals surface area (Å²) in [5, 5.41) is 22.2. The van der Waals surface area contributed by atoms with Crippen LogP contribution in [0.5, 0.6) is 5.88 Å². The lowest BCUT2D eigenvalue weighted by atomic mass is 10.2. The highest BCUT2D eigenvalue weighted by Crippen LogP contribution is 2.22. The number of aryl methyl sites for hydroxylation is 1. The van der Waals surface area contributed by atoms with Crippen LogP contribution in [0.3, 0.4) is 0 Å². The number of ether oxygens (including phenoxy) is 1. The molecule has 7 nitrogen and oxygen atoms in total. The molecular formula is C12H13N3O4. The number of aromatic nitrogens is 3. The summed E-state index contributed by atoms with van der Waals surface area (Å²) in [5.74, 6) is 0.0456. The fourth-order valence-electron chi connectivity index (χ4n) is 1.49. The molecule has 0 aliphatic rings. The second-order valence-corrected chi connectivity index (χ2v) is 3.92. The Bertz CT molecular complexity index is 565. The van der Waals surface area contributed by atoms with E-state index < -0.39 is 12.7 Å². The van der Waals surface area contributed by atoms with Crippen LogP contribution in [0.25, 0.3) is 11.3 Å². The average molecular weight is 263 g/mol. The van der Waals surface area contributed by atoms with Gasteiger partial charge < -0.3 is 15.1 Å². The van der Waals surface area contributed by atoms with Crippen LogP contribution in [0.4, 0.5) is 0 Å². The van der Waals surface area contributed by atoms with Crippen molar-refractivity contribution < 1.29 is 19.8 Å². The van der Waals surface area contributed by atoms with Gasteiger partial charge in [0.2, 0.25) is 5.88 Å². The molecule has 2 N–H and O–H groups in total. The van der Waals surface area contributed by atoms with Gasteiger partial charge in [-0.2, -0.15) is 0 Å². The number of carbonyl (C=O) groups is 1. The van der Waals surface area contributed by atoms with Gasteiger partial charge in [-0.25, -0.2) is 0 Å². The summed E-state index contributed by atoms with van der Waals surface area (Å²) in [7, 11) is 0. The highest BCUT2D eigenvalue weighted by molar-refractivity contribution is 5.60. The summed E-state index contributed by atoms with van der Waals surface area (Å²) in [4.78, 5) is 15.3. The molecule has 0 saturated carbocycles. The zero-order valence-electron chi connectivity index (χ0n) is 10.2. The second kappa shape index (κ2) is 5.49. The molecule has 2 heterocycles. The van der Waals surface area contributed by atoms with Crippen LogP contribution >= 0.6 is 0 Å². The van der Waals surface area contributed by atoms with E-state index in [0.717, 1.165) is 5.69 Å². The van der Waals surface area contributed by atoms with Gasteiger partial charge in [-0.05, 0) is 19.1 Å². The summed E-state index contributed by atoms with van der Waals surface area (Å²) in [6.07, 6.45) is 1.05. The van der Waals surface area contributed by atoms with Crippen LogP contribution in [0, 0.1) is 6.92 Å². The van der Waals surface area contributed by atoms with Crippen molar-refractivity contribution in [2.24, 2.45) is 0 Å². The van der Waals surface area contributed by atoms with Crippen molar-refractivity contribution in [3.63, 3.8) is 0 Å². The molecule has 2 aromatic heterocycles. The first-order chi connectivity index (χ1) is 9.13. The number of hydrogen-bond donors (Lipinski definition) is 2. The van der Waals surface area contributed by atoms with Crippen molar-refractivity contribution in [1.29, 1.82) is 0 Å². The maximum absolute atomic E-state index is 10.5. The second-order valence-electron chi connectivity index (χ2n) is 3.92. The molecule has 19 heavy (non-hydrogen) atoms. The maximum atomic E-state index is 10.5. The maximum Gasteiger partial charge on any atom is 0.237 e. The van der Waals surface area contributed by atoms with Crippen LogP contribution in [0.1, 0.15) is 5.69 Å². The average Bonchev–Trinajstić information content (AvgIpc) is 2.78. The van der Waals surface area contributed by atoms with Crippen molar-refractivity contribution in [1.82, 2.24) is 14.9 Å². The van der Waals surface area contributed by atoms with Crippen LogP contribution in [-0.4, -0.2) is 44.2 Å². The number of aliphatic hydroxyl groups is 1. The Kier molecular flexibility index (Phi) is 3.76. The van der Waals surface area contributed by atoms with Gasteiger partial charge in [-0.1, -0.05) is 9.94 Å². The van der Waals surface area contributed by atoms with Gasteiger partial charge in [0.25, 0.3) is 0 Å². The topological polar surface area (TPSA) is 97.5 Å². The first-order valence-electron chi connectivity index (χ1n) is 5.59. The van der Waals surface area contributed by atoms with E-state index in [0.29, 0.717) is 22.4 Å². The van der Waals surface area contributed by atoms with Gasteiger partial charge in [0.05, 0.1) is 6.61 Å². The van der Waals surface area contributed by atoms with Gasteiger partial charge in [-0.3, -0.25) is 9.78 Å². The summed E-state index contributed by atoms with van der Waals surface area (Å²) < 4.78 is 5.09. The summed E-state index contributed by atoms with van der Waals surface area (Å²) >= 11 is 0. The van der Waals surface area contributed by atoms with Crippen LogP contribution in [0.15, 0.2) is 24.4 Å². The Balaban J connectivity index is 2.25. The van der Waals surface area contributed by atoms with E-state index >= 15 is 0 Å². The van der Waals surface area contributed by atoms with E-state index in [9.17, 15) is 10.0 Å². The molecule has 7 heteroatoms. The molecule has 0 aromatic carbocycles. The molecule has 0 fully saturated rings. The number of carbonyl (C=O) groups excluding carboxylic acids is 1. The SMILES string of the molecule is Cc1ccc(-c2cc(OC(C=O)CO)nn2O)cn1. The molecule has 0 spiro atoms. The van der Waals surface area contributed by atoms with E-state index in [1.54, 1.807) is 18.3 Å². The largest absolute Gasteiger partial charge is 0.463 e. The molecule has 0 saturated heterocycles. The molecule has 0 radical (unpaired) electrons. The quantitative estimate of drug-likeness (QED) is 0.599. The molecule has 0 bridgehead atoms. The predicted octanol–water partition coefficient (Wildman–Crippen LogP) is 0.429. The molecular weight excluding hydrogens is 250 g/mol. The van der Waals surface area contributed by atoms with Crippen molar-refractivity contribution in [3.8, 4) is 17.1 Å².